The van der Waals surface area contributed by atoms with Crippen molar-refractivity contribution in [3.63, 3.8) is 0 Å². The third-order valence-corrected chi connectivity index (χ3v) is 6.20. The zero-order valence-corrected chi connectivity index (χ0v) is 20.4. The molecule has 0 spiro atoms. The molecule has 0 radical (unpaired) electrons. The van der Waals surface area contributed by atoms with Crippen molar-refractivity contribution in [2.75, 3.05) is 0 Å². The average Bonchev–Trinajstić information content (AvgIpc) is 2.88. The molecule has 5 atom stereocenters. The van der Waals surface area contributed by atoms with E-state index in [-0.39, 0.29) is 0 Å². The summed E-state index contributed by atoms with van der Waals surface area (Å²) >= 11 is 0. The summed E-state index contributed by atoms with van der Waals surface area (Å²) in [5.41, 5.74) is 1.21. The predicted octanol–water partition coefficient (Wildman–Crippen LogP) is 3.96. The lowest BCUT2D eigenvalue weighted by Crippen LogP contribution is -2.62. The predicted molar refractivity (Wildman–Crippen MR) is 132 cm³/mol. The Morgan fingerprint density at radius 2 is 1.08 bits per heavy atom. The van der Waals surface area contributed by atoms with Crippen LogP contribution in [0.4, 0.5) is 0 Å². The van der Waals surface area contributed by atoms with E-state index < -0.39 is 48.2 Å². The van der Waals surface area contributed by atoms with E-state index in [1.54, 1.807) is 6.92 Å². The van der Waals surface area contributed by atoms with Gasteiger partial charge in [-0.1, -0.05) is 91.0 Å². The van der Waals surface area contributed by atoms with Gasteiger partial charge in [0.15, 0.2) is 18.5 Å². The van der Waals surface area contributed by atoms with Crippen molar-refractivity contribution < 1.29 is 33.6 Å². The quantitative estimate of drug-likeness (QED) is 0.396. The minimum absolute atomic E-state index is 0.549. The summed E-state index contributed by atoms with van der Waals surface area (Å²) < 4.78 is 23.7. The van der Waals surface area contributed by atoms with Crippen LogP contribution in [-0.2, 0) is 34.1 Å². The summed E-state index contributed by atoms with van der Waals surface area (Å²) in [6, 6.07) is 28.9. The number of hydrogen-bond donors (Lipinski definition) is 1. The van der Waals surface area contributed by atoms with Crippen LogP contribution in [0.5, 0.6) is 0 Å². The Kier molecular flexibility index (Phi) is 7.84. The number of benzene rings is 3. The summed E-state index contributed by atoms with van der Waals surface area (Å²) in [5, 5.41) is 10.8. The molecule has 0 saturated carbocycles. The van der Waals surface area contributed by atoms with Crippen molar-refractivity contribution in [3.05, 3.63) is 108 Å². The molecule has 188 valence electrons. The molecule has 7 nitrogen and oxygen atoms in total. The van der Waals surface area contributed by atoms with Crippen molar-refractivity contribution in [1.82, 2.24) is 0 Å². The number of esters is 2. The monoisotopic (exact) mass is 490 g/mol. The van der Waals surface area contributed by atoms with Crippen LogP contribution in [0.15, 0.2) is 91.0 Å². The van der Waals surface area contributed by atoms with Crippen LogP contribution < -0.4 is 0 Å². The summed E-state index contributed by atoms with van der Waals surface area (Å²) in [4.78, 5) is 24.1. The molecular formula is C29H30O7. The Morgan fingerprint density at radius 3 is 1.47 bits per heavy atom. The SMILES string of the molecule is CC(=O)O[C@@H]1[C@@H](OC(c2ccccc2)(c2ccccc2)c2ccccc2)[C@@H](OC(C)=O)[C@H](O)O[C@H]1C. The van der Waals surface area contributed by atoms with Crippen LogP contribution in [0.25, 0.3) is 0 Å². The topological polar surface area (TPSA) is 91.3 Å². The largest absolute Gasteiger partial charge is 0.457 e. The Labute approximate surface area is 210 Å². The second kappa shape index (κ2) is 11.0. The number of rotatable bonds is 7. The fraction of sp³-hybridized carbons (Fsp3) is 0.310. The molecule has 0 bridgehead atoms. The fourth-order valence-electron chi connectivity index (χ4n) is 4.72. The summed E-state index contributed by atoms with van der Waals surface area (Å²) in [6.45, 7) is 4.20. The Morgan fingerprint density at radius 1 is 0.694 bits per heavy atom. The van der Waals surface area contributed by atoms with Crippen LogP contribution in [0, 0.1) is 0 Å². The molecule has 0 aliphatic carbocycles. The first kappa shape index (κ1) is 25.6. The number of carbonyl (C=O) groups excluding carboxylic acids is 2. The van der Waals surface area contributed by atoms with Gasteiger partial charge in [-0.2, -0.15) is 0 Å². The highest BCUT2D eigenvalue weighted by molar-refractivity contribution is 5.67. The van der Waals surface area contributed by atoms with Gasteiger partial charge in [-0.15, -0.1) is 0 Å². The first-order valence-electron chi connectivity index (χ1n) is 11.9. The van der Waals surface area contributed by atoms with Crippen molar-refractivity contribution in [3.8, 4) is 0 Å². The van der Waals surface area contributed by atoms with Crippen LogP contribution in [0.2, 0.25) is 0 Å². The molecule has 3 aromatic carbocycles. The maximum atomic E-state index is 12.1. The molecule has 4 rings (SSSR count). The maximum Gasteiger partial charge on any atom is 0.303 e. The van der Waals surface area contributed by atoms with E-state index in [4.69, 9.17) is 18.9 Å². The number of ether oxygens (including phenoxy) is 4. The van der Waals surface area contributed by atoms with Gasteiger partial charge in [-0.3, -0.25) is 9.59 Å². The van der Waals surface area contributed by atoms with Crippen LogP contribution >= 0.6 is 0 Å². The molecule has 3 aromatic rings. The Balaban J connectivity index is 1.96. The van der Waals surface area contributed by atoms with Gasteiger partial charge in [0, 0.05) is 13.8 Å². The van der Waals surface area contributed by atoms with Gasteiger partial charge in [-0.25, -0.2) is 0 Å². The molecule has 1 aliphatic heterocycles. The van der Waals surface area contributed by atoms with E-state index in [9.17, 15) is 14.7 Å². The van der Waals surface area contributed by atoms with Crippen molar-refractivity contribution in [2.45, 2.75) is 57.1 Å². The molecule has 0 amide bonds. The van der Waals surface area contributed by atoms with Gasteiger partial charge in [0.1, 0.15) is 11.7 Å². The second-order valence-electron chi connectivity index (χ2n) is 8.74. The standard InChI is InChI=1S/C29H30O7/c1-19-25(34-20(2)30)26(27(28(32)33-19)35-21(3)31)36-29(22-13-7-4-8-14-22,23-15-9-5-10-16-23)24-17-11-6-12-18-24/h4-19,25-28,32H,1-3H3/t19-,25-,26+,27+,28+/m0/s1. The zero-order valence-electron chi connectivity index (χ0n) is 20.4. The zero-order chi connectivity index (χ0) is 25.7. The molecule has 0 aromatic heterocycles. The van der Waals surface area contributed by atoms with Crippen LogP contribution in [0.3, 0.4) is 0 Å². The maximum absolute atomic E-state index is 12.1. The van der Waals surface area contributed by atoms with E-state index in [0.29, 0.717) is 0 Å². The molecule has 0 unspecified atom stereocenters. The van der Waals surface area contributed by atoms with E-state index in [1.165, 1.54) is 13.8 Å². The van der Waals surface area contributed by atoms with Crippen molar-refractivity contribution >= 4 is 11.9 Å². The average molecular weight is 491 g/mol. The minimum Gasteiger partial charge on any atom is -0.457 e. The number of aliphatic hydroxyl groups excluding tert-OH is 1. The van der Waals surface area contributed by atoms with Gasteiger partial charge >= 0.3 is 11.9 Å². The Hall–Kier alpha value is -3.52. The van der Waals surface area contributed by atoms with Gasteiger partial charge in [0.05, 0.1) is 6.10 Å². The number of hydrogen-bond acceptors (Lipinski definition) is 7. The third kappa shape index (κ3) is 5.18. The van der Waals surface area contributed by atoms with Gasteiger partial charge < -0.3 is 24.1 Å². The summed E-state index contributed by atoms with van der Waals surface area (Å²) in [6.07, 6.45) is -5.51. The van der Waals surface area contributed by atoms with Crippen molar-refractivity contribution in [1.29, 1.82) is 0 Å². The van der Waals surface area contributed by atoms with E-state index >= 15 is 0 Å². The summed E-state index contributed by atoms with van der Waals surface area (Å²) in [5.74, 6) is -1.18. The normalized spacial score (nSPS) is 24.1. The smallest absolute Gasteiger partial charge is 0.303 e. The molecule has 1 fully saturated rings. The van der Waals surface area contributed by atoms with E-state index in [1.807, 2.05) is 91.0 Å². The molecule has 1 saturated heterocycles. The summed E-state index contributed by atoms with van der Waals surface area (Å²) in [7, 11) is 0. The van der Waals surface area contributed by atoms with Crippen LogP contribution in [-0.4, -0.2) is 47.8 Å². The molecular weight excluding hydrogens is 460 g/mol. The van der Waals surface area contributed by atoms with Gasteiger partial charge in [0.25, 0.3) is 0 Å². The van der Waals surface area contributed by atoms with Crippen LogP contribution in [0.1, 0.15) is 37.5 Å². The molecule has 1 N–H and O–H groups in total. The van der Waals surface area contributed by atoms with E-state index in [0.717, 1.165) is 16.7 Å². The van der Waals surface area contributed by atoms with Gasteiger partial charge in [-0.05, 0) is 23.6 Å². The fourth-order valence-corrected chi connectivity index (χ4v) is 4.72. The van der Waals surface area contributed by atoms with E-state index in [2.05, 4.69) is 0 Å². The number of carbonyl (C=O) groups is 2. The second-order valence-corrected chi connectivity index (χ2v) is 8.74. The lowest BCUT2D eigenvalue weighted by atomic mass is 9.79. The lowest BCUT2D eigenvalue weighted by Gasteiger charge is -2.47. The molecule has 36 heavy (non-hydrogen) atoms. The molecule has 1 aliphatic rings. The number of aliphatic hydroxyl groups is 1. The molecule has 7 heteroatoms. The highest BCUT2D eigenvalue weighted by Gasteiger charge is 2.53. The van der Waals surface area contributed by atoms with Crippen molar-refractivity contribution in [2.24, 2.45) is 0 Å². The lowest BCUT2D eigenvalue weighted by molar-refractivity contribution is -0.303. The Bertz CT molecular complexity index is 1030. The molecule has 1 heterocycles. The first-order chi connectivity index (χ1) is 17.3. The van der Waals surface area contributed by atoms with Gasteiger partial charge in [0.2, 0.25) is 0 Å². The highest BCUT2D eigenvalue weighted by atomic mass is 16.7. The highest BCUT2D eigenvalue weighted by Crippen LogP contribution is 2.44. The third-order valence-electron chi connectivity index (χ3n) is 6.20. The first-order valence-corrected chi connectivity index (χ1v) is 11.9. The minimum atomic E-state index is -1.49.